The Hall–Kier alpha value is -4.33. The first-order chi connectivity index (χ1) is 24.1. The number of methoxy groups -OCH3 is 1. The lowest BCUT2D eigenvalue weighted by molar-refractivity contribution is -0.145. The molecule has 1 aromatic rings. The number of fused-ring (bicyclic) bond motifs is 3. The summed E-state index contributed by atoms with van der Waals surface area (Å²) < 4.78 is 17.0. The average Bonchev–Trinajstić information content (AvgIpc) is 3.59. The van der Waals surface area contributed by atoms with Gasteiger partial charge in [-0.1, -0.05) is 31.1 Å². The Morgan fingerprint density at radius 3 is 2.59 bits per heavy atom. The Bertz CT molecular complexity index is 1520. The van der Waals surface area contributed by atoms with Crippen LogP contribution in [-0.2, 0) is 30.3 Å². The fraction of sp³-hybridized carbons (Fsp3) is 0.649. The van der Waals surface area contributed by atoms with Crippen LogP contribution >= 0.6 is 0 Å². The summed E-state index contributed by atoms with van der Waals surface area (Å²) in [5.74, 6) is -1.94. The molecule has 3 N–H and O–H groups in total. The first kappa shape index (κ1) is 37.9. The molecule has 3 heterocycles. The van der Waals surface area contributed by atoms with Crippen LogP contribution in [-0.4, -0.2) is 120 Å². The number of carbonyl (C=O) groups excluding carboxylic acids is 4. The lowest BCUT2D eigenvalue weighted by atomic mass is 9.92. The number of hydrogen-bond acceptors (Lipinski definition) is 9. The summed E-state index contributed by atoms with van der Waals surface area (Å²) in [6.07, 6.45) is 5.67. The minimum atomic E-state index is -1.48. The fourth-order valence-electron chi connectivity index (χ4n) is 7.38. The number of carboxylic acids is 1. The predicted octanol–water partition coefficient (Wildman–Crippen LogP) is 3.64. The van der Waals surface area contributed by atoms with Crippen molar-refractivity contribution in [3.8, 4) is 5.75 Å². The number of nitrogens with zero attached hydrogens (tertiary/aromatic N) is 3. The molecule has 14 heteroatoms. The molecule has 1 aromatic carbocycles. The lowest BCUT2D eigenvalue weighted by Crippen LogP contribution is -2.56. The van der Waals surface area contributed by atoms with Crippen LogP contribution in [0.25, 0.3) is 0 Å². The normalized spacial score (nSPS) is 29.0. The number of rotatable bonds is 6. The van der Waals surface area contributed by atoms with Gasteiger partial charge in [-0.2, -0.15) is 0 Å². The maximum Gasteiger partial charge on any atom is 0.410 e. The van der Waals surface area contributed by atoms with Gasteiger partial charge in [0.2, 0.25) is 11.8 Å². The van der Waals surface area contributed by atoms with Gasteiger partial charge in [-0.25, -0.2) is 14.4 Å². The number of amides is 4. The van der Waals surface area contributed by atoms with Crippen molar-refractivity contribution in [3.63, 3.8) is 0 Å². The van der Waals surface area contributed by atoms with Crippen molar-refractivity contribution in [1.82, 2.24) is 25.3 Å². The molecule has 1 aliphatic carbocycles. The van der Waals surface area contributed by atoms with Crippen LogP contribution in [0.4, 0.5) is 9.59 Å². The molecule has 4 aliphatic rings. The zero-order chi connectivity index (χ0) is 37.1. The molecule has 1 saturated carbocycles. The molecule has 0 aromatic heterocycles. The van der Waals surface area contributed by atoms with Gasteiger partial charge in [0.25, 0.3) is 0 Å². The van der Waals surface area contributed by atoms with Crippen LogP contribution < -0.4 is 15.4 Å². The molecular formula is C37H53N5O9. The van der Waals surface area contributed by atoms with Gasteiger partial charge in [-0.15, -0.1) is 0 Å². The molecule has 0 radical (unpaired) electrons. The second-order valence-electron chi connectivity index (χ2n) is 15.4. The Morgan fingerprint density at radius 1 is 1.14 bits per heavy atom. The van der Waals surface area contributed by atoms with Crippen molar-refractivity contribution in [2.45, 2.75) is 108 Å². The van der Waals surface area contributed by atoms with E-state index < -0.39 is 59.3 Å². The standard InChI is InChI=1S/C37H53N5O9/c1-36(2,3)51-34(47)38-28-13-11-9-7-8-10-12-24-20-37(24,33(45)46)39-31(43)29-19-26(21-42(29)32(28)44)50-35(48)41-17-16-23-18-25(49-6)14-15-27(23)30(41)22-40(4)5/h10,12,14-15,18,24,26,28-30H,7-9,11,13,16-17,19-22H2,1-6H3,(H,38,47)(H,39,43)(H,45,46)/b12-10-/t24-,26+,28-,29-,30?,37+/m0/s1. The zero-order valence-corrected chi connectivity index (χ0v) is 30.6. The second kappa shape index (κ2) is 15.5. The molecular weight excluding hydrogens is 658 g/mol. The van der Waals surface area contributed by atoms with Gasteiger partial charge in [0.1, 0.15) is 35.1 Å². The number of aliphatic carboxylic acids is 1. The number of hydrogen-bond donors (Lipinski definition) is 3. The summed E-state index contributed by atoms with van der Waals surface area (Å²) >= 11 is 0. The van der Waals surface area contributed by atoms with Crippen molar-refractivity contribution in [2.24, 2.45) is 5.92 Å². The summed E-state index contributed by atoms with van der Waals surface area (Å²) in [6, 6.07) is 3.38. The van der Waals surface area contributed by atoms with Gasteiger partial charge in [-0.3, -0.25) is 14.5 Å². The van der Waals surface area contributed by atoms with E-state index in [9.17, 15) is 29.1 Å². The number of likely N-dealkylation sites (N-methyl/N-ethyl adjacent to an activating group) is 1. The number of allylic oxidation sites excluding steroid dienone is 1. The molecule has 0 spiro atoms. The third kappa shape index (κ3) is 8.95. The van der Waals surface area contributed by atoms with E-state index in [-0.39, 0.29) is 31.3 Å². The zero-order valence-electron chi connectivity index (χ0n) is 30.6. The summed E-state index contributed by atoms with van der Waals surface area (Å²) in [4.78, 5) is 72.5. The third-order valence-electron chi connectivity index (χ3n) is 10.1. The van der Waals surface area contributed by atoms with Gasteiger partial charge < -0.3 is 39.8 Å². The second-order valence-corrected chi connectivity index (χ2v) is 15.4. The van der Waals surface area contributed by atoms with E-state index >= 15 is 0 Å². The van der Waals surface area contributed by atoms with Gasteiger partial charge in [-0.05, 0) is 90.2 Å². The molecule has 5 rings (SSSR count). The molecule has 1 unspecified atom stereocenters. The van der Waals surface area contributed by atoms with E-state index in [1.54, 1.807) is 32.8 Å². The van der Waals surface area contributed by atoms with Crippen LogP contribution in [0, 0.1) is 5.92 Å². The van der Waals surface area contributed by atoms with Crippen LogP contribution in [0.3, 0.4) is 0 Å². The van der Waals surface area contributed by atoms with Gasteiger partial charge >= 0.3 is 18.2 Å². The Labute approximate surface area is 299 Å². The molecule has 14 nitrogen and oxygen atoms in total. The van der Waals surface area contributed by atoms with Crippen LogP contribution in [0.1, 0.15) is 82.9 Å². The number of alkyl carbamates (subject to hydrolysis) is 1. The van der Waals surface area contributed by atoms with E-state index in [2.05, 4.69) is 10.6 Å². The first-order valence-electron chi connectivity index (χ1n) is 17.9. The minimum absolute atomic E-state index is 0.0291. The van der Waals surface area contributed by atoms with Crippen molar-refractivity contribution in [3.05, 3.63) is 41.5 Å². The predicted molar refractivity (Wildman–Crippen MR) is 187 cm³/mol. The van der Waals surface area contributed by atoms with E-state index in [1.165, 1.54) is 4.90 Å². The quantitative estimate of drug-likeness (QED) is 0.371. The summed E-state index contributed by atoms with van der Waals surface area (Å²) in [7, 11) is 5.48. The van der Waals surface area contributed by atoms with E-state index in [4.69, 9.17) is 14.2 Å². The summed E-state index contributed by atoms with van der Waals surface area (Å²) in [6.45, 7) is 6.01. The lowest BCUT2D eigenvalue weighted by Gasteiger charge is -2.38. The van der Waals surface area contributed by atoms with Crippen molar-refractivity contribution in [1.29, 1.82) is 0 Å². The SMILES string of the molecule is COc1ccc2c(c1)CCN(C(=O)O[C@@H]1C[C@H]3C(=O)N[C@]4(C(=O)O)C[C@@H]4/C=C\CCCCC[C@H](NC(=O)OC(C)(C)C)C(=O)N3C1)C2CN(C)C. The largest absolute Gasteiger partial charge is 0.497 e. The first-order valence-corrected chi connectivity index (χ1v) is 17.9. The monoisotopic (exact) mass is 711 g/mol. The summed E-state index contributed by atoms with van der Waals surface area (Å²) in [5, 5.41) is 15.6. The molecule has 3 aliphatic heterocycles. The minimum Gasteiger partial charge on any atom is -0.497 e. The molecule has 1 saturated heterocycles. The molecule has 280 valence electrons. The van der Waals surface area contributed by atoms with Crippen LogP contribution in [0.2, 0.25) is 0 Å². The highest BCUT2D eigenvalue weighted by Crippen LogP contribution is 2.45. The maximum atomic E-state index is 14.3. The van der Waals surface area contributed by atoms with E-state index in [0.717, 1.165) is 36.1 Å². The topological polar surface area (TPSA) is 167 Å². The fourth-order valence-corrected chi connectivity index (χ4v) is 7.38. The molecule has 0 bridgehead atoms. The van der Waals surface area contributed by atoms with Crippen molar-refractivity contribution >= 4 is 30.0 Å². The van der Waals surface area contributed by atoms with E-state index in [1.807, 2.05) is 49.3 Å². The smallest absolute Gasteiger partial charge is 0.410 e. The molecule has 51 heavy (non-hydrogen) atoms. The Morgan fingerprint density at radius 2 is 1.90 bits per heavy atom. The third-order valence-corrected chi connectivity index (χ3v) is 10.1. The maximum absolute atomic E-state index is 14.3. The van der Waals surface area contributed by atoms with E-state index in [0.29, 0.717) is 32.4 Å². The summed E-state index contributed by atoms with van der Waals surface area (Å²) in [5.41, 5.74) is -0.200. The van der Waals surface area contributed by atoms with Crippen LogP contribution in [0.15, 0.2) is 30.4 Å². The Balaban J connectivity index is 1.40. The average molecular weight is 712 g/mol. The highest BCUT2D eigenvalue weighted by molar-refractivity contribution is 5.96. The van der Waals surface area contributed by atoms with Gasteiger partial charge in [0.05, 0.1) is 19.7 Å². The van der Waals surface area contributed by atoms with Crippen molar-refractivity contribution in [2.75, 3.05) is 40.8 Å². The Kier molecular flexibility index (Phi) is 11.5. The molecule has 2 fully saturated rings. The van der Waals surface area contributed by atoms with Crippen LogP contribution in [0.5, 0.6) is 5.75 Å². The number of ether oxygens (including phenoxy) is 3. The number of nitrogens with one attached hydrogen (secondary N) is 2. The highest BCUT2D eigenvalue weighted by atomic mass is 16.6. The molecule has 6 atom stereocenters. The number of benzene rings is 1. The number of carbonyl (C=O) groups is 5. The highest BCUT2D eigenvalue weighted by Gasteiger charge is 2.61. The molecule has 4 amide bonds. The number of carboxylic acid groups (broad SMARTS) is 1. The van der Waals surface area contributed by atoms with Gasteiger partial charge in [0, 0.05) is 25.4 Å². The van der Waals surface area contributed by atoms with Crippen molar-refractivity contribution < 1.29 is 43.3 Å². The van der Waals surface area contributed by atoms with Gasteiger partial charge in [0.15, 0.2) is 0 Å².